The topological polar surface area (TPSA) is 120 Å². The van der Waals surface area contributed by atoms with Crippen molar-refractivity contribution in [2.24, 2.45) is 0 Å². The summed E-state index contributed by atoms with van der Waals surface area (Å²) in [6.45, 7) is 0. The number of methoxy groups -OCH3 is 2. The normalized spacial score (nSPS) is 10.8. The van der Waals surface area contributed by atoms with Crippen molar-refractivity contribution in [1.82, 2.24) is 9.97 Å². The number of carbonyl (C=O) groups excluding carboxylic acids is 3. The molecule has 2 N–H and O–H groups in total. The number of ether oxygens (including phenoxy) is 2. The van der Waals surface area contributed by atoms with Crippen molar-refractivity contribution >= 4 is 52.7 Å². The Bertz CT molecular complexity index is 1510. The summed E-state index contributed by atoms with van der Waals surface area (Å²) in [7, 11) is 3.01. The van der Waals surface area contributed by atoms with Gasteiger partial charge in [0, 0.05) is 48.9 Å². The van der Waals surface area contributed by atoms with Crippen molar-refractivity contribution in [3.63, 3.8) is 0 Å². The van der Waals surface area contributed by atoms with Gasteiger partial charge >= 0.3 is 0 Å². The molecule has 0 saturated carbocycles. The van der Waals surface area contributed by atoms with E-state index in [4.69, 9.17) is 32.7 Å². The van der Waals surface area contributed by atoms with E-state index in [1.165, 1.54) is 38.7 Å². The summed E-state index contributed by atoms with van der Waals surface area (Å²) in [5.74, 6) is -0.966. The zero-order valence-electron chi connectivity index (χ0n) is 20.8. The maximum absolute atomic E-state index is 12.9. The van der Waals surface area contributed by atoms with Gasteiger partial charge in [-0.25, -0.2) is 0 Å². The lowest BCUT2D eigenvalue weighted by atomic mass is 10.0. The van der Waals surface area contributed by atoms with Crippen molar-refractivity contribution in [2.45, 2.75) is 6.29 Å². The fourth-order valence-electron chi connectivity index (χ4n) is 3.70. The van der Waals surface area contributed by atoms with E-state index in [1.54, 1.807) is 48.5 Å². The quantitative estimate of drug-likeness (QED) is 0.187. The molecule has 0 saturated heterocycles. The van der Waals surface area contributed by atoms with Gasteiger partial charge in [0.1, 0.15) is 11.4 Å². The van der Waals surface area contributed by atoms with Crippen LogP contribution in [0.3, 0.4) is 0 Å². The van der Waals surface area contributed by atoms with E-state index in [2.05, 4.69) is 20.6 Å². The summed E-state index contributed by atoms with van der Waals surface area (Å²) in [6, 6.07) is 16.4. The molecule has 0 atom stereocenters. The lowest BCUT2D eigenvalue weighted by Crippen LogP contribution is -2.15. The number of pyridine rings is 2. The summed E-state index contributed by atoms with van der Waals surface area (Å²) in [6.07, 6.45) is 2.85. The van der Waals surface area contributed by atoms with Gasteiger partial charge in [-0.05, 0) is 30.3 Å². The van der Waals surface area contributed by atoms with Crippen LogP contribution in [0.25, 0.3) is 11.1 Å². The lowest BCUT2D eigenvalue weighted by Gasteiger charge is -2.15. The first-order valence-electron chi connectivity index (χ1n) is 11.5. The molecule has 0 fully saturated rings. The molecular weight excluding hydrogens is 543 g/mol. The molecule has 39 heavy (non-hydrogen) atoms. The van der Waals surface area contributed by atoms with Crippen molar-refractivity contribution in [2.75, 3.05) is 24.9 Å². The van der Waals surface area contributed by atoms with Crippen molar-refractivity contribution in [3.8, 4) is 11.1 Å². The van der Waals surface area contributed by atoms with Gasteiger partial charge < -0.3 is 20.1 Å². The van der Waals surface area contributed by atoms with E-state index in [0.29, 0.717) is 39.9 Å². The number of aromatic nitrogens is 2. The SMILES string of the molecule is COC(OC)c1ccc(C(=O)Nc2cccc(-c3cccc(NC(=O)c4ccc(C=O)cn4)c3Cl)c2Cl)nc1. The third-order valence-corrected chi connectivity index (χ3v) is 6.47. The average molecular weight is 565 g/mol. The van der Waals surface area contributed by atoms with E-state index >= 15 is 0 Å². The van der Waals surface area contributed by atoms with Crippen LogP contribution in [-0.2, 0) is 9.47 Å². The van der Waals surface area contributed by atoms with Crippen molar-refractivity contribution in [3.05, 3.63) is 106 Å². The molecule has 198 valence electrons. The van der Waals surface area contributed by atoms with Crippen LogP contribution < -0.4 is 10.6 Å². The number of nitrogens with one attached hydrogen (secondary N) is 2. The molecule has 0 radical (unpaired) electrons. The monoisotopic (exact) mass is 564 g/mol. The van der Waals surface area contributed by atoms with Crippen LogP contribution in [0.1, 0.15) is 43.2 Å². The summed E-state index contributed by atoms with van der Waals surface area (Å²) in [5.41, 5.74) is 3.05. The van der Waals surface area contributed by atoms with E-state index in [9.17, 15) is 14.4 Å². The second-order valence-corrected chi connectivity index (χ2v) is 8.87. The van der Waals surface area contributed by atoms with Gasteiger partial charge in [-0.15, -0.1) is 0 Å². The van der Waals surface area contributed by atoms with Gasteiger partial charge in [-0.2, -0.15) is 0 Å². The molecule has 0 unspecified atom stereocenters. The molecular formula is C28H22Cl2N4O5. The number of hydrogen-bond donors (Lipinski definition) is 2. The molecule has 2 aromatic carbocycles. The Morgan fingerprint density at radius 1 is 0.769 bits per heavy atom. The van der Waals surface area contributed by atoms with Crippen LogP contribution in [0.4, 0.5) is 11.4 Å². The molecule has 2 amide bonds. The number of hydrogen-bond acceptors (Lipinski definition) is 7. The maximum Gasteiger partial charge on any atom is 0.274 e. The minimum absolute atomic E-state index is 0.117. The van der Waals surface area contributed by atoms with Crippen LogP contribution in [0.15, 0.2) is 73.1 Å². The molecule has 9 nitrogen and oxygen atoms in total. The van der Waals surface area contributed by atoms with Crippen LogP contribution in [0.2, 0.25) is 10.0 Å². The second kappa shape index (κ2) is 12.6. The summed E-state index contributed by atoms with van der Waals surface area (Å²) in [4.78, 5) is 44.5. The number of halogens is 2. The highest BCUT2D eigenvalue weighted by molar-refractivity contribution is 6.40. The number of benzene rings is 2. The molecule has 0 aliphatic rings. The second-order valence-electron chi connectivity index (χ2n) is 8.12. The molecule has 0 aliphatic carbocycles. The highest BCUT2D eigenvalue weighted by Gasteiger charge is 2.18. The van der Waals surface area contributed by atoms with E-state index in [1.807, 2.05) is 0 Å². The summed E-state index contributed by atoms with van der Waals surface area (Å²) < 4.78 is 10.4. The molecule has 0 bridgehead atoms. The Morgan fingerprint density at radius 2 is 1.28 bits per heavy atom. The predicted molar refractivity (Wildman–Crippen MR) is 148 cm³/mol. The number of carbonyl (C=O) groups is 3. The highest BCUT2D eigenvalue weighted by Crippen LogP contribution is 2.40. The van der Waals surface area contributed by atoms with Crippen molar-refractivity contribution in [1.29, 1.82) is 0 Å². The summed E-state index contributed by atoms with van der Waals surface area (Å²) >= 11 is 13.3. The number of aldehydes is 1. The van der Waals surface area contributed by atoms with E-state index in [-0.39, 0.29) is 21.4 Å². The zero-order valence-corrected chi connectivity index (χ0v) is 22.3. The first kappa shape index (κ1) is 27.9. The van der Waals surface area contributed by atoms with Crippen LogP contribution in [0, 0.1) is 0 Å². The third kappa shape index (κ3) is 6.30. The smallest absolute Gasteiger partial charge is 0.274 e. The first-order chi connectivity index (χ1) is 18.9. The lowest BCUT2D eigenvalue weighted by molar-refractivity contribution is -0.106. The Hall–Kier alpha value is -4.15. The molecule has 2 heterocycles. The molecule has 0 spiro atoms. The Kier molecular flexibility index (Phi) is 9.00. The fourth-order valence-corrected chi connectivity index (χ4v) is 4.25. The minimum atomic E-state index is -0.592. The van der Waals surface area contributed by atoms with Gasteiger partial charge in [0.15, 0.2) is 12.6 Å². The molecule has 0 aliphatic heterocycles. The fraction of sp³-hybridized carbons (Fsp3) is 0.107. The van der Waals surface area contributed by atoms with E-state index < -0.39 is 18.1 Å². The molecule has 4 rings (SSSR count). The largest absolute Gasteiger partial charge is 0.352 e. The number of rotatable bonds is 9. The zero-order chi connectivity index (χ0) is 27.9. The van der Waals surface area contributed by atoms with Gasteiger partial charge in [-0.3, -0.25) is 24.4 Å². The van der Waals surface area contributed by atoms with Crippen LogP contribution in [0.5, 0.6) is 0 Å². The Labute approximate surface area is 234 Å². The molecule has 2 aromatic heterocycles. The number of amides is 2. The predicted octanol–water partition coefficient (Wildman–Crippen LogP) is 6.06. The van der Waals surface area contributed by atoms with Gasteiger partial charge in [0.25, 0.3) is 11.8 Å². The Morgan fingerprint density at radius 3 is 1.69 bits per heavy atom. The van der Waals surface area contributed by atoms with Gasteiger partial charge in [-0.1, -0.05) is 53.5 Å². The van der Waals surface area contributed by atoms with E-state index in [0.717, 1.165) is 0 Å². The third-order valence-electron chi connectivity index (χ3n) is 5.66. The maximum atomic E-state index is 12.9. The highest BCUT2D eigenvalue weighted by atomic mass is 35.5. The van der Waals surface area contributed by atoms with Crippen LogP contribution in [-0.4, -0.2) is 42.3 Å². The molecule has 11 heteroatoms. The van der Waals surface area contributed by atoms with Gasteiger partial charge in [0.2, 0.25) is 0 Å². The average Bonchev–Trinajstić information content (AvgIpc) is 2.96. The van der Waals surface area contributed by atoms with Crippen LogP contribution >= 0.6 is 23.2 Å². The van der Waals surface area contributed by atoms with Gasteiger partial charge in [0.05, 0.1) is 21.4 Å². The standard InChI is InChI=1S/C28H22Cl2N4O5/c1-38-28(39-2)17-10-12-23(32-14-17)27(37)34-21-8-4-6-19(25(21)30)18-5-3-7-20(24(18)29)33-26(36)22-11-9-16(15-35)13-31-22/h3-15,28H,1-2H3,(H,33,36)(H,34,37). The first-order valence-corrected chi connectivity index (χ1v) is 12.2. The number of anilines is 2. The summed E-state index contributed by atoms with van der Waals surface area (Å²) in [5, 5.41) is 5.98. The Balaban J connectivity index is 1.55. The molecule has 4 aromatic rings. The minimum Gasteiger partial charge on any atom is -0.352 e. The van der Waals surface area contributed by atoms with Crippen molar-refractivity contribution < 1.29 is 23.9 Å². The number of nitrogens with zero attached hydrogens (tertiary/aromatic N) is 2.